The zero-order valence-corrected chi connectivity index (χ0v) is 15.7. The van der Waals surface area contributed by atoms with Crippen LogP contribution in [-0.4, -0.2) is 72.2 Å². The van der Waals surface area contributed by atoms with E-state index in [2.05, 4.69) is 5.32 Å². The minimum Gasteiger partial charge on any atom is -0.481 e. The highest BCUT2D eigenvalue weighted by Gasteiger charge is 2.55. The predicted molar refractivity (Wildman–Crippen MR) is 101 cm³/mol. The van der Waals surface area contributed by atoms with E-state index in [1.165, 1.54) is 0 Å². The minimum atomic E-state index is -0.802. The number of morpholine rings is 1. The van der Waals surface area contributed by atoms with Gasteiger partial charge in [0.2, 0.25) is 0 Å². The Balaban J connectivity index is 1.43. The molecule has 4 rings (SSSR count). The number of carboxylic acids is 1. The number of fused-ring (bicyclic) bond motifs is 1. The topological polar surface area (TPSA) is 99.2 Å². The number of nitrogens with one attached hydrogen (secondary N) is 1. The van der Waals surface area contributed by atoms with E-state index in [4.69, 9.17) is 4.74 Å². The summed E-state index contributed by atoms with van der Waals surface area (Å²) in [5, 5.41) is 12.5. The van der Waals surface area contributed by atoms with Gasteiger partial charge in [0.25, 0.3) is 5.91 Å². The molecule has 2 N–H and O–H groups in total. The van der Waals surface area contributed by atoms with E-state index < -0.39 is 11.4 Å². The SMILES string of the molecule is O=C(Nc1cccc(C(=O)N2CCOCC2)c1)N1C[C@@H]2CCC[C@@]2(C(=O)O)C1. The van der Waals surface area contributed by atoms with E-state index in [1.807, 2.05) is 0 Å². The molecule has 3 fully saturated rings. The number of aliphatic carboxylic acids is 1. The largest absolute Gasteiger partial charge is 0.481 e. The summed E-state index contributed by atoms with van der Waals surface area (Å²) < 4.78 is 5.28. The van der Waals surface area contributed by atoms with Crippen LogP contribution in [0.15, 0.2) is 24.3 Å². The Morgan fingerprint density at radius 2 is 1.96 bits per heavy atom. The smallest absolute Gasteiger partial charge is 0.321 e. The van der Waals surface area contributed by atoms with E-state index in [0.29, 0.717) is 50.5 Å². The number of amides is 3. The average Bonchev–Trinajstić information content (AvgIpc) is 3.27. The second kappa shape index (κ2) is 7.43. The molecule has 8 nitrogen and oxygen atoms in total. The summed E-state index contributed by atoms with van der Waals surface area (Å²) >= 11 is 0. The number of nitrogens with zero attached hydrogens (tertiary/aromatic N) is 2. The number of hydrogen-bond donors (Lipinski definition) is 2. The molecule has 1 aromatic rings. The molecule has 28 heavy (non-hydrogen) atoms. The van der Waals surface area contributed by atoms with Crippen molar-refractivity contribution < 1.29 is 24.2 Å². The Labute approximate surface area is 163 Å². The van der Waals surface area contributed by atoms with Gasteiger partial charge in [0, 0.05) is 37.4 Å². The first kappa shape index (κ1) is 18.7. The molecule has 0 bridgehead atoms. The molecule has 8 heteroatoms. The van der Waals surface area contributed by atoms with Crippen molar-refractivity contribution in [2.75, 3.05) is 44.7 Å². The standard InChI is InChI=1S/C20H25N3O5/c24-17(22-7-9-28-10-8-22)14-3-1-5-16(11-14)21-19(27)23-12-15-4-2-6-20(15,13-23)18(25)26/h1,3,5,11,15H,2,4,6-10,12-13H2,(H,21,27)(H,25,26)/t15-,20+/m0/s1. The fraction of sp³-hybridized carbons (Fsp3) is 0.550. The zero-order valence-electron chi connectivity index (χ0n) is 15.7. The number of anilines is 1. The summed E-state index contributed by atoms with van der Waals surface area (Å²) in [7, 11) is 0. The third-order valence-electron chi connectivity index (χ3n) is 6.24. The summed E-state index contributed by atoms with van der Waals surface area (Å²) in [6.45, 7) is 2.88. The quantitative estimate of drug-likeness (QED) is 0.825. The van der Waals surface area contributed by atoms with E-state index >= 15 is 0 Å². The lowest BCUT2D eigenvalue weighted by Gasteiger charge is -2.27. The van der Waals surface area contributed by atoms with E-state index in [1.54, 1.807) is 34.1 Å². The van der Waals surface area contributed by atoms with Crippen LogP contribution in [0.1, 0.15) is 29.6 Å². The number of rotatable bonds is 3. The number of likely N-dealkylation sites (tertiary alicyclic amines) is 1. The van der Waals surface area contributed by atoms with Crippen molar-refractivity contribution in [3.05, 3.63) is 29.8 Å². The van der Waals surface area contributed by atoms with Crippen LogP contribution >= 0.6 is 0 Å². The van der Waals surface area contributed by atoms with Crippen molar-refractivity contribution in [1.82, 2.24) is 9.80 Å². The molecule has 2 atom stereocenters. The summed E-state index contributed by atoms with van der Waals surface area (Å²) in [4.78, 5) is 40.5. The monoisotopic (exact) mass is 387 g/mol. The lowest BCUT2D eigenvalue weighted by Crippen LogP contribution is -2.40. The molecule has 150 valence electrons. The Kier molecular flexibility index (Phi) is 4.97. The Bertz CT molecular complexity index is 792. The number of urea groups is 1. The molecule has 1 aromatic carbocycles. The molecule has 0 radical (unpaired) electrons. The number of carbonyl (C=O) groups excluding carboxylic acids is 2. The fourth-order valence-corrected chi connectivity index (χ4v) is 4.68. The molecule has 0 unspecified atom stereocenters. The number of benzene rings is 1. The number of hydrogen-bond acceptors (Lipinski definition) is 4. The molecule has 0 aromatic heterocycles. The van der Waals surface area contributed by atoms with Crippen LogP contribution in [-0.2, 0) is 9.53 Å². The van der Waals surface area contributed by atoms with Crippen LogP contribution in [0.25, 0.3) is 0 Å². The van der Waals surface area contributed by atoms with Crippen LogP contribution < -0.4 is 5.32 Å². The highest BCUT2D eigenvalue weighted by Crippen LogP contribution is 2.48. The van der Waals surface area contributed by atoms with Crippen LogP contribution in [0.3, 0.4) is 0 Å². The fourth-order valence-electron chi connectivity index (χ4n) is 4.68. The Hall–Kier alpha value is -2.61. The van der Waals surface area contributed by atoms with Gasteiger partial charge < -0.3 is 25.0 Å². The molecule has 3 amide bonds. The first-order valence-electron chi connectivity index (χ1n) is 9.76. The molecule has 1 saturated carbocycles. The average molecular weight is 387 g/mol. The van der Waals surface area contributed by atoms with Gasteiger partial charge in [0.05, 0.1) is 18.6 Å². The first-order chi connectivity index (χ1) is 13.5. The van der Waals surface area contributed by atoms with Crippen molar-refractivity contribution in [3.8, 4) is 0 Å². The van der Waals surface area contributed by atoms with Crippen molar-refractivity contribution in [2.24, 2.45) is 11.3 Å². The van der Waals surface area contributed by atoms with E-state index in [-0.39, 0.29) is 24.4 Å². The van der Waals surface area contributed by atoms with Gasteiger partial charge in [-0.15, -0.1) is 0 Å². The molecule has 2 aliphatic heterocycles. The van der Waals surface area contributed by atoms with Gasteiger partial charge in [0.15, 0.2) is 0 Å². The first-order valence-corrected chi connectivity index (χ1v) is 9.76. The third-order valence-corrected chi connectivity index (χ3v) is 6.24. The van der Waals surface area contributed by atoms with E-state index in [9.17, 15) is 19.5 Å². The summed E-state index contributed by atoms with van der Waals surface area (Å²) in [6.07, 6.45) is 2.37. The second-order valence-electron chi connectivity index (χ2n) is 7.85. The lowest BCUT2D eigenvalue weighted by molar-refractivity contribution is -0.149. The number of carboxylic acid groups (broad SMARTS) is 1. The molecule has 3 aliphatic rings. The van der Waals surface area contributed by atoms with Gasteiger partial charge in [-0.05, 0) is 37.0 Å². The van der Waals surface area contributed by atoms with Crippen molar-refractivity contribution >= 4 is 23.6 Å². The Morgan fingerprint density at radius 3 is 2.68 bits per heavy atom. The lowest BCUT2D eigenvalue weighted by atomic mass is 9.81. The van der Waals surface area contributed by atoms with E-state index in [0.717, 1.165) is 12.8 Å². The van der Waals surface area contributed by atoms with Gasteiger partial charge in [-0.25, -0.2) is 4.79 Å². The molecule has 0 spiro atoms. The molecular formula is C20H25N3O5. The van der Waals surface area contributed by atoms with Gasteiger partial charge >= 0.3 is 12.0 Å². The summed E-state index contributed by atoms with van der Waals surface area (Å²) in [5.41, 5.74) is 0.247. The molecular weight excluding hydrogens is 362 g/mol. The third kappa shape index (κ3) is 3.32. The van der Waals surface area contributed by atoms with Crippen LogP contribution in [0.5, 0.6) is 0 Å². The Morgan fingerprint density at radius 1 is 1.18 bits per heavy atom. The summed E-state index contributed by atoms with van der Waals surface area (Å²) in [6, 6.07) is 6.55. The van der Waals surface area contributed by atoms with Gasteiger partial charge in [-0.3, -0.25) is 9.59 Å². The number of carbonyl (C=O) groups is 3. The van der Waals surface area contributed by atoms with Crippen LogP contribution in [0, 0.1) is 11.3 Å². The van der Waals surface area contributed by atoms with Crippen molar-refractivity contribution in [2.45, 2.75) is 19.3 Å². The van der Waals surface area contributed by atoms with Crippen LogP contribution in [0.2, 0.25) is 0 Å². The molecule has 2 saturated heterocycles. The normalized spacial score (nSPS) is 26.8. The summed E-state index contributed by atoms with van der Waals surface area (Å²) in [5.74, 6) is -0.867. The van der Waals surface area contributed by atoms with Gasteiger partial charge in [-0.2, -0.15) is 0 Å². The number of ether oxygens (including phenoxy) is 1. The van der Waals surface area contributed by atoms with Crippen LogP contribution in [0.4, 0.5) is 10.5 Å². The molecule has 2 heterocycles. The van der Waals surface area contributed by atoms with Crippen molar-refractivity contribution in [1.29, 1.82) is 0 Å². The van der Waals surface area contributed by atoms with Gasteiger partial charge in [-0.1, -0.05) is 12.5 Å². The van der Waals surface area contributed by atoms with Crippen molar-refractivity contribution in [3.63, 3.8) is 0 Å². The molecule has 1 aliphatic carbocycles. The van der Waals surface area contributed by atoms with Gasteiger partial charge in [0.1, 0.15) is 0 Å². The maximum absolute atomic E-state index is 12.7. The highest BCUT2D eigenvalue weighted by atomic mass is 16.5. The highest BCUT2D eigenvalue weighted by molar-refractivity contribution is 5.97. The maximum atomic E-state index is 12.7. The minimum absolute atomic E-state index is 0.0185. The second-order valence-corrected chi connectivity index (χ2v) is 7.85. The zero-order chi connectivity index (χ0) is 19.7. The predicted octanol–water partition coefficient (Wildman–Crippen LogP) is 1.88. The maximum Gasteiger partial charge on any atom is 0.321 e.